The summed E-state index contributed by atoms with van der Waals surface area (Å²) in [6, 6.07) is -1.06. The number of hydrogen-bond donors (Lipinski definition) is 3. The first-order valence-electron chi connectivity index (χ1n) is 6.50. The fourth-order valence-corrected chi connectivity index (χ4v) is 1.20. The zero-order chi connectivity index (χ0) is 15.1. The summed E-state index contributed by atoms with van der Waals surface area (Å²) in [7, 11) is 0. The molecule has 0 spiro atoms. The summed E-state index contributed by atoms with van der Waals surface area (Å²) in [5.41, 5.74) is 5.00. The van der Waals surface area contributed by atoms with E-state index in [1.807, 2.05) is 6.29 Å². The molecule has 112 valence electrons. The summed E-state index contributed by atoms with van der Waals surface area (Å²) in [6.45, 7) is 2.19. The van der Waals surface area contributed by atoms with Gasteiger partial charge in [-0.1, -0.05) is 39.0 Å². The van der Waals surface area contributed by atoms with Crippen molar-refractivity contribution in [3.8, 4) is 0 Å². The first kappa shape index (κ1) is 25.2. The third-order valence-corrected chi connectivity index (χ3v) is 2.37. The van der Waals surface area contributed by atoms with Crippen LogP contribution in [0.5, 0.6) is 0 Å². The minimum atomic E-state index is -1.17. The third kappa shape index (κ3) is 23.3. The minimum Gasteiger partial charge on any atom is -0.542 e. The smallest absolute Gasteiger partial charge is 0.542 e. The predicted molar refractivity (Wildman–Crippen MR) is 71.6 cm³/mol. The molecule has 0 aromatic carbocycles. The SMILES string of the molecule is CCCCCCC[C-]=O.N[C@@H](CCC(=O)O)C(=O)O.[K+]. The monoisotopic (exact) mass is 313 g/mol. The summed E-state index contributed by atoms with van der Waals surface area (Å²) in [6.07, 6.45) is 8.38. The number of hydrogen-bond acceptors (Lipinski definition) is 4. The molecular weight excluding hydrogens is 289 g/mol. The van der Waals surface area contributed by atoms with Crippen LogP contribution in [-0.2, 0) is 14.4 Å². The van der Waals surface area contributed by atoms with E-state index in [2.05, 4.69) is 6.92 Å². The van der Waals surface area contributed by atoms with Crippen molar-refractivity contribution in [1.29, 1.82) is 0 Å². The van der Waals surface area contributed by atoms with E-state index >= 15 is 0 Å². The van der Waals surface area contributed by atoms with Gasteiger partial charge < -0.3 is 20.7 Å². The summed E-state index contributed by atoms with van der Waals surface area (Å²) in [4.78, 5) is 29.6. The van der Waals surface area contributed by atoms with Crippen LogP contribution < -0.4 is 57.1 Å². The zero-order valence-electron chi connectivity index (χ0n) is 12.4. The quantitative estimate of drug-likeness (QED) is 0.263. The van der Waals surface area contributed by atoms with Crippen molar-refractivity contribution in [3.05, 3.63) is 0 Å². The third-order valence-electron chi connectivity index (χ3n) is 2.37. The molecule has 0 aliphatic heterocycles. The average molecular weight is 313 g/mol. The first-order chi connectivity index (χ1) is 8.95. The largest absolute Gasteiger partial charge is 1.00 e. The Kier molecular flexibility index (Phi) is 24.2. The van der Waals surface area contributed by atoms with Crippen LogP contribution in [0, 0.1) is 0 Å². The first-order valence-corrected chi connectivity index (χ1v) is 6.50. The van der Waals surface area contributed by atoms with Gasteiger partial charge in [0.25, 0.3) is 0 Å². The summed E-state index contributed by atoms with van der Waals surface area (Å²) >= 11 is 0. The maximum atomic E-state index is 9.99. The number of carbonyl (C=O) groups excluding carboxylic acids is 1. The van der Waals surface area contributed by atoms with E-state index < -0.39 is 18.0 Å². The van der Waals surface area contributed by atoms with Crippen LogP contribution in [0.1, 0.15) is 58.3 Å². The van der Waals surface area contributed by atoms with E-state index in [1.54, 1.807) is 0 Å². The van der Waals surface area contributed by atoms with Crippen molar-refractivity contribution in [3.63, 3.8) is 0 Å². The van der Waals surface area contributed by atoms with Crippen molar-refractivity contribution in [2.24, 2.45) is 5.73 Å². The molecule has 0 aromatic rings. The molecule has 0 heterocycles. The summed E-state index contributed by atoms with van der Waals surface area (Å²) in [5, 5.41) is 16.3. The van der Waals surface area contributed by atoms with Crippen LogP contribution in [0.2, 0.25) is 0 Å². The Morgan fingerprint density at radius 1 is 1.15 bits per heavy atom. The Morgan fingerprint density at radius 2 is 1.70 bits per heavy atom. The number of carboxylic acids is 2. The molecule has 0 unspecified atom stereocenters. The molecule has 20 heavy (non-hydrogen) atoms. The normalized spacial score (nSPS) is 10.5. The molecule has 0 fully saturated rings. The Labute approximate surface area is 162 Å². The van der Waals surface area contributed by atoms with E-state index in [4.69, 9.17) is 15.9 Å². The van der Waals surface area contributed by atoms with Crippen LogP contribution >= 0.6 is 0 Å². The Bertz CT molecular complexity index is 261. The molecule has 6 nitrogen and oxygen atoms in total. The standard InChI is InChI=1S/C8H15O.C5H9NO4.K/c1-2-3-4-5-6-7-8-9;6-3(5(9)10)1-2-4(7)8;/h2-7H2,1H3;3H,1-2,6H2,(H,7,8)(H,9,10);/q-1;;+1/t;3-;/m.0./s1. The van der Waals surface area contributed by atoms with Crippen molar-refractivity contribution in [2.75, 3.05) is 0 Å². The number of nitrogens with two attached hydrogens (primary N) is 1. The molecule has 0 rings (SSSR count). The number of aliphatic carboxylic acids is 2. The molecule has 0 aliphatic rings. The minimum absolute atomic E-state index is 0. The molecule has 4 N–H and O–H groups in total. The maximum Gasteiger partial charge on any atom is 1.00 e. The van der Waals surface area contributed by atoms with Gasteiger partial charge in [-0.2, -0.15) is 6.42 Å². The Hall–Kier alpha value is 0.206. The Morgan fingerprint density at radius 3 is 2.10 bits per heavy atom. The molecule has 0 aromatic heterocycles. The number of rotatable bonds is 10. The topological polar surface area (TPSA) is 118 Å². The average Bonchev–Trinajstić information content (AvgIpc) is 2.36. The van der Waals surface area contributed by atoms with Gasteiger partial charge in [-0.15, -0.1) is 0 Å². The van der Waals surface area contributed by atoms with Gasteiger partial charge in [0.1, 0.15) is 6.04 Å². The molecule has 0 saturated heterocycles. The summed E-state index contributed by atoms with van der Waals surface area (Å²) in [5.74, 6) is -2.20. The van der Waals surface area contributed by atoms with Gasteiger partial charge in [0.2, 0.25) is 0 Å². The fourth-order valence-electron chi connectivity index (χ4n) is 1.20. The number of unbranched alkanes of at least 4 members (excludes halogenated alkanes) is 5. The van der Waals surface area contributed by atoms with Gasteiger partial charge in [0, 0.05) is 6.42 Å². The maximum absolute atomic E-state index is 9.99. The summed E-state index contributed by atoms with van der Waals surface area (Å²) < 4.78 is 0. The molecule has 0 amide bonds. The van der Waals surface area contributed by atoms with Crippen molar-refractivity contribution in [1.82, 2.24) is 0 Å². The second kappa shape index (κ2) is 19.2. The number of carboxylic acid groups (broad SMARTS) is 2. The van der Waals surface area contributed by atoms with Crippen LogP contribution in [0.15, 0.2) is 0 Å². The van der Waals surface area contributed by atoms with Gasteiger partial charge in [0.15, 0.2) is 0 Å². The van der Waals surface area contributed by atoms with Crippen molar-refractivity contribution >= 4 is 18.2 Å². The molecule has 0 saturated carbocycles. The van der Waals surface area contributed by atoms with Crippen molar-refractivity contribution in [2.45, 2.75) is 64.3 Å². The van der Waals surface area contributed by atoms with Gasteiger partial charge >= 0.3 is 63.3 Å². The van der Waals surface area contributed by atoms with Crippen LogP contribution in [0.25, 0.3) is 0 Å². The van der Waals surface area contributed by atoms with Gasteiger partial charge in [-0.3, -0.25) is 15.9 Å². The zero-order valence-corrected chi connectivity index (χ0v) is 15.6. The fraction of sp³-hybridized carbons (Fsp3) is 0.769. The molecular formula is C13H24KNO5. The van der Waals surface area contributed by atoms with Crippen molar-refractivity contribution < 1.29 is 76.0 Å². The van der Waals surface area contributed by atoms with E-state index in [0.29, 0.717) is 6.42 Å². The van der Waals surface area contributed by atoms with E-state index in [9.17, 15) is 14.4 Å². The van der Waals surface area contributed by atoms with Crippen LogP contribution in [0.3, 0.4) is 0 Å². The van der Waals surface area contributed by atoms with Gasteiger partial charge in [-0.25, -0.2) is 0 Å². The van der Waals surface area contributed by atoms with Gasteiger partial charge in [-0.05, 0) is 6.42 Å². The van der Waals surface area contributed by atoms with Gasteiger partial charge in [0.05, 0.1) is 0 Å². The number of carbonyl (C=O) groups is 2. The van der Waals surface area contributed by atoms with E-state index in [1.165, 1.54) is 25.7 Å². The molecule has 0 radical (unpaired) electrons. The Balaban J connectivity index is -0.000000277. The predicted octanol–water partition coefficient (Wildman–Crippen LogP) is -1.28. The molecule has 7 heteroatoms. The second-order valence-corrected chi connectivity index (χ2v) is 4.19. The van der Waals surface area contributed by atoms with Crippen LogP contribution in [0.4, 0.5) is 0 Å². The van der Waals surface area contributed by atoms with Crippen LogP contribution in [-0.4, -0.2) is 34.5 Å². The molecule has 1 atom stereocenters. The van der Waals surface area contributed by atoms with E-state index in [0.717, 1.165) is 6.42 Å². The van der Waals surface area contributed by atoms with E-state index in [-0.39, 0.29) is 64.2 Å². The molecule has 0 aliphatic carbocycles. The molecule has 0 bridgehead atoms. The second-order valence-electron chi connectivity index (χ2n) is 4.19.